The Labute approximate surface area is 130 Å². The molecule has 0 atom stereocenters. The molecule has 0 spiro atoms. The number of ether oxygens (including phenoxy) is 1. The molecule has 0 saturated heterocycles. The van der Waals surface area contributed by atoms with Crippen molar-refractivity contribution in [2.45, 2.75) is 19.1 Å². The van der Waals surface area contributed by atoms with Crippen LogP contribution in [0.3, 0.4) is 0 Å². The van der Waals surface area contributed by atoms with Gasteiger partial charge in [-0.15, -0.1) is 11.8 Å². The van der Waals surface area contributed by atoms with Gasteiger partial charge in [-0.2, -0.15) is 5.26 Å². The van der Waals surface area contributed by atoms with E-state index in [1.165, 1.54) is 0 Å². The Kier molecular flexibility index (Phi) is 11.9. The number of thioether (sulfide) groups is 1. The zero-order chi connectivity index (χ0) is 13.8. The average Bonchev–Trinajstić information content (AvgIpc) is 2.45. The normalized spacial score (nSPS) is 10.5. The fourth-order valence-electron chi connectivity index (χ4n) is 1.32. The molecule has 0 unspecified atom stereocenters. The van der Waals surface area contributed by atoms with E-state index in [0.717, 1.165) is 30.2 Å². The lowest BCUT2D eigenvalue weighted by molar-refractivity contribution is -0.551. The topological polar surface area (TPSA) is 74.9 Å². The fourth-order valence-corrected chi connectivity index (χ4v) is 2.13. The first-order chi connectivity index (χ1) is 9.36. The van der Waals surface area contributed by atoms with Crippen molar-refractivity contribution in [3.8, 4) is 6.19 Å². The molecular formula is C13H19ClN4OS. The van der Waals surface area contributed by atoms with Gasteiger partial charge in [0.1, 0.15) is 0 Å². The van der Waals surface area contributed by atoms with Gasteiger partial charge in [-0.25, -0.2) is 0 Å². The van der Waals surface area contributed by atoms with Crippen LogP contribution in [0.4, 0.5) is 0 Å². The van der Waals surface area contributed by atoms with Crippen LogP contribution in [0, 0.1) is 11.5 Å². The van der Waals surface area contributed by atoms with Gasteiger partial charge in [0.15, 0.2) is 0 Å². The van der Waals surface area contributed by atoms with Crippen LogP contribution in [-0.4, -0.2) is 29.9 Å². The summed E-state index contributed by atoms with van der Waals surface area (Å²) in [4.78, 5) is 7.90. The first-order valence-electron chi connectivity index (χ1n) is 6.27. The van der Waals surface area contributed by atoms with Crippen molar-refractivity contribution >= 4 is 17.8 Å². The van der Waals surface area contributed by atoms with Gasteiger partial charge in [-0.3, -0.25) is 10.3 Å². The number of rotatable bonds is 7. The molecule has 110 valence electrons. The smallest absolute Gasteiger partial charge is 0.406 e. The van der Waals surface area contributed by atoms with Crippen LogP contribution in [0.5, 0.6) is 0 Å². The highest BCUT2D eigenvalue weighted by Crippen LogP contribution is 2.07. The van der Waals surface area contributed by atoms with E-state index in [-0.39, 0.29) is 12.4 Å². The molecule has 1 heterocycles. The fraction of sp³-hybridized carbons (Fsp3) is 0.462. The SMILES string of the molecule is CCCOC(=NC#N)[NH2+]CCSCc1ccccn1.[Cl-]. The van der Waals surface area contributed by atoms with E-state index < -0.39 is 0 Å². The highest BCUT2D eigenvalue weighted by Gasteiger charge is 2.04. The number of nitrogens with two attached hydrogens (primary N) is 1. The third kappa shape index (κ3) is 8.75. The molecule has 7 heteroatoms. The highest BCUT2D eigenvalue weighted by atomic mass is 35.5. The molecule has 5 nitrogen and oxygen atoms in total. The second-order valence-electron chi connectivity index (χ2n) is 3.76. The summed E-state index contributed by atoms with van der Waals surface area (Å²) in [7, 11) is 0. The number of aliphatic imine (C=N–C) groups is 1. The van der Waals surface area contributed by atoms with E-state index in [0.29, 0.717) is 12.6 Å². The molecule has 0 fully saturated rings. The summed E-state index contributed by atoms with van der Waals surface area (Å²) >= 11 is 1.80. The molecular weight excluding hydrogens is 296 g/mol. The van der Waals surface area contributed by atoms with Crippen molar-refractivity contribution in [2.24, 2.45) is 4.99 Å². The lowest BCUT2D eigenvalue weighted by Gasteiger charge is -2.04. The molecule has 0 saturated carbocycles. The van der Waals surface area contributed by atoms with Crippen molar-refractivity contribution in [2.75, 3.05) is 18.9 Å². The Balaban J connectivity index is 0.00000361. The molecule has 0 bridgehead atoms. The number of nitrogens with zero attached hydrogens (tertiary/aromatic N) is 3. The van der Waals surface area contributed by atoms with Gasteiger partial charge in [0.2, 0.25) is 6.19 Å². The van der Waals surface area contributed by atoms with E-state index >= 15 is 0 Å². The molecule has 1 aromatic rings. The number of hydrogen-bond acceptors (Lipinski definition) is 5. The number of pyridine rings is 1. The van der Waals surface area contributed by atoms with Crippen molar-refractivity contribution < 1.29 is 22.5 Å². The van der Waals surface area contributed by atoms with E-state index in [4.69, 9.17) is 10.00 Å². The van der Waals surface area contributed by atoms with Crippen molar-refractivity contribution in [1.29, 1.82) is 5.26 Å². The van der Waals surface area contributed by atoms with Gasteiger partial charge < -0.3 is 17.1 Å². The molecule has 0 aliphatic rings. The van der Waals surface area contributed by atoms with Gasteiger partial charge in [0.05, 0.1) is 18.8 Å². The maximum absolute atomic E-state index is 8.54. The summed E-state index contributed by atoms with van der Waals surface area (Å²) in [6, 6.07) is 6.36. The first-order valence-corrected chi connectivity index (χ1v) is 7.42. The van der Waals surface area contributed by atoms with E-state index in [1.54, 1.807) is 24.2 Å². The highest BCUT2D eigenvalue weighted by molar-refractivity contribution is 7.98. The van der Waals surface area contributed by atoms with Gasteiger partial charge in [0.25, 0.3) is 0 Å². The van der Waals surface area contributed by atoms with Crippen LogP contribution in [-0.2, 0) is 10.5 Å². The second kappa shape index (κ2) is 12.7. The van der Waals surface area contributed by atoms with E-state index in [9.17, 15) is 0 Å². The summed E-state index contributed by atoms with van der Waals surface area (Å²) < 4.78 is 5.35. The average molecular weight is 315 g/mol. The Morgan fingerprint density at radius 2 is 2.40 bits per heavy atom. The number of aromatic nitrogens is 1. The molecule has 20 heavy (non-hydrogen) atoms. The minimum absolute atomic E-state index is 0. The van der Waals surface area contributed by atoms with E-state index in [1.807, 2.05) is 30.4 Å². The van der Waals surface area contributed by atoms with Crippen molar-refractivity contribution in [3.63, 3.8) is 0 Å². The molecule has 2 N–H and O–H groups in total. The summed E-state index contributed by atoms with van der Waals surface area (Å²) in [6.07, 6.45) is 4.47. The monoisotopic (exact) mass is 314 g/mol. The quantitative estimate of drug-likeness (QED) is 0.277. The van der Waals surface area contributed by atoms with Crippen LogP contribution < -0.4 is 17.7 Å². The molecule has 1 aromatic heterocycles. The van der Waals surface area contributed by atoms with Crippen LogP contribution in [0.2, 0.25) is 0 Å². The summed E-state index contributed by atoms with van der Waals surface area (Å²) in [6.45, 7) is 3.45. The predicted molar refractivity (Wildman–Crippen MR) is 76.5 cm³/mol. The zero-order valence-corrected chi connectivity index (χ0v) is 13.0. The maximum Gasteiger partial charge on any atom is 0.406 e. The largest absolute Gasteiger partial charge is 1.00 e. The Morgan fingerprint density at radius 3 is 3.05 bits per heavy atom. The summed E-state index contributed by atoms with van der Waals surface area (Å²) in [5, 5.41) is 10.4. The number of amidine groups is 1. The lowest BCUT2D eigenvalue weighted by atomic mass is 10.4. The molecule has 0 amide bonds. The lowest BCUT2D eigenvalue weighted by Crippen LogP contribution is -3.00. The van der Waals surface area contributed by atoms with Gasteiger partial charge >= 0.3 is 6.02 Å². The van der Waals surface area contributed by atoms with Gasteiger partial charge in [-0.05, 0) is 18.6 Å². The van der Waals surface area contributed by atoms with Crippen LogP contribution in [0.1, 0.15) is 19.0 Å². The maximum atomic E-state index is 8.54. The van der Waals surface area contributed by atoms with Gasteiger partial charge in [-0.1, -0.05) is 18.0 Å². The molecule has 1 rings (SSSR count). The van der Waals surface area contributed by atoms with Crippen molar-refractivity contribution in [3.05, 3.63) is 30.1 Å². The van der Waals surface area contributed by atoms with Gasteiger partial charge in [0, 0.05) is 17.7 Å². The summed E-state index contributed by atoms with van der Waals surface area (Å²) in [5.41, 5.74) is 1.08. The molecule has 0 aliphatic carbocycles. The number of quaternary nitrogens is 1. The van der Waals surface area contributed by atoms with Crippen molar-refractivity contribution in [1.82, 2.24) is 4.98 Å². The molecule has 0 aromatic carbocycles. The summed E-state index contributed by atoms with van der Waals surface area (Å²) in [5.74, 6) is 1.85. The minimum Gasteiger partial charge on any atom is -1.00 e. The Bertz CT molecular complexity index is 422. The third-order valence-electron chi connectivity index (χ3n) is 2.17. The number of nitriles is 1. The molecule has 0 radical (unpaired) electrons. The van der Waals surface area contributed by atoms with Crippen LogP contribution >= 0.6 is 11.8 Å². The number of halogens is 1. The Morgan fingerprint density at radius 1 is 1.55 bits per heavy atom. The minimum atomic E-state index is 0. The van der Waals surface area contributed by atoms with Crippen LogP contribution in [0.15, 0.2) is 29.4 Å². The Hall–Kier alpha value is -1.29. The zero-order valence-electron chi connectivity index (χ0n) is 11.5. The molecule has 0 aliphatic heterocycles. The predicted octanol–water partition coefficient (Wildman–Crippen LogP) is -1.85. The van der Waals surface area contributed by atoms with Crippen LogP contribution in [0.25, 0.3) is 0 Å². The standard InChI is InChI=1S/C13H18N4OS.ClH/c1-2-8-18-13(17-11-14)16-7-9-19-10-12-5-3-4-6-15-12;/h3-6H,2,7-10H2,1H3,(H,16,17);1H. The first kappa shape index (κ1) is 18.7. The second-order valence-corrected chi connectivity index (χ2v) is 4.87. The third-order valence-corrected chi connectivity index (χ3v) is 3.20. The number of hydrogen-bond donors (Lipinski definition) is 1. The van der Waals surface area contributed by atoms with E-state index in [2.05, 4.69) is 9.98 Å².